The van der Waals surface area contributed by atoms with E-state index in [9.17, 15) is 19.5 Å². The number of rotatable bonds is 11. The second kappa shape index (κ2) is 16.8. The van der Waals surface area contributed by atoms with Gasteiger partial charge in [0.2, 0.25) is 0 Å². The fraction of sp³-hybridized carbons (Fsp3) is 0.174. The van der Waals surface area contributed by atoms with E-state index in [4.69, 9.17) is 24.2 Å². The number of nitriles is 1. The van der Waals surface area contributed by atoms with E-state index in [0.717, 1.165) is 16.7 Å². The van der Waals surface area contributed by atoms with Crippen molar-refractivity contribution < 1.29 is 28.8 Å². The first-order valence-corrected chi connectivity index (χ1v) is 18.1. The highest BCUT2D eigenvalue weighted by atomic mass is 16.6. The molecule has 0 bridgehead atoms. The second-order valence-electron chi connectivity index (χ2n) is 13.3. The Bertz CT molecular complexity index is 2550. The topological polar surface area (TPSA) is 153 Å². The molecule has 5 aromatic carbocycles. The summed E-state index contributed by atoms with van der Waals surface area (Å²) in [5.74, 6) is 6.83. The molecule has 1 aliphatic rings. The zero-order valence-corrected chi connectivity index (χ0v) is 31.0. The molecule has 0 amide bonds. The normalized spacial score (nSPS) is 16.2. The number of carbonyl (C=O) groups excluding carboxylic acids is 1. The lowest BCUT2D eigenvalue weighted by Gasteiger charge is -2.37. The average Bonchev–Trinajstić information content (AvgIpc) is 3.63. The van der Waals surface area contributed by atoms with Crippen LogP contribution in [-0.2, 0) is 15.1 Å². The van der Waals surface area contributed by atoms with Crippen LogP contribution in [0.4, 0.5) is 0 Å². The number of ketones is 1. The predicted molar refractivity (Wildman–Crippen MR) is 211 cm³/mol. The Morgan fingerprint density at radius 2 is 1.44 bits per heavy atom. The van der Waals surface area contributed by atoms with E-state index in [2.05, 4.69) is 16.8 Å². The van der Waals surface area contributed by atoms with Crippen LogP contribution in [-0.4, -0.2) is 53.5 Å². The van der Waals surface area contributed by atoms with E-state index >= 15 is 0 Å². The number of benzene rings is 5. The Morgan fingerprint density at radius 3 is 2.05 bits per heavy atom. The maximum atomic E-state index is 13.1. The first-order chi connectivity index (χ1) is 27.7. The number of H-pyrrole nitrogens is 1. The molecular formula is C46H37N3O8. The minimum Gasteiger partial charge on any atom is -0.497 e. The van der Waals surface area contributed by atoms with Crippen molar-refractivity contribution in [2.24, 2.45) is 0 Å². The van der Waals surface area contributed by atoms with Gasteiger partial charge in [0, 0.05) is 29.3 Å². The summed E-state index contributed by atoms with van der Waals surface area (Å²) < 4.78 is 25.3. The molecule has 1 fully saturated rings. The van der Waals surface area contributed by atoms with Gasteiger partial charge >= 0.3 is 5.69 Å². The molecule has 0 saturated carbocycles. The van der Waals surface area contributed by atoms with E-state index < -0.39 is 35.3 Å². The predicted octanol–water partition coefficient (Wildman–Crippen LogP) is 5.71. The summed E-state index contributed by atoms with van der Waals surface area (Å²) in [5, 5.41) is 20.4. The van der Waals surface area contributed by atoms with Gasteiger partial charge in [-0.15, -0.1) is 0 Å². The number of hydrogen-bond donors (Lipinski definition) is 2. The van der Waals surface area contributed by atoms with Crippen molar-refractivity contribution in [2.75, 3.05) is 20.8 Å². The van der Waals surface area contributed by atoms with Gasteiger partial charge in [0.25, 0.3) is 5.56 Å². The Labute approximate surface area is 328 Å². The number of aromatic amines is 1. The van der Waals surface area contributed by atoms with Crippen LogP contribution in [0.5, 0.6) is 11.5 Å². The monoisotopic (exact) mass is 759 g/mol. The molecule has 57 heavy (non-hydrogen) atoms. The van der Waals surface area contributed by atoms with Gasteiger partial charge in [-0.05, 0) is 77.4 Å². The lowest BCUT2D eigenvalue weighted by molar-refractivity contribution is -0.0944. The van der Waals surface area contributed by atoms with Gasteiger partial charge in [-0.25, -0.2) is 4.79 Å². The van der Waals surface area contributed by atoms with E-state index in [-0.39, 0.29) is 24.4 Å². The molecule has 0 unspecified atom stereocenters. The van der Waals surface area contributed by atoms with Crippen LogP contribution >= 0.6 is 0 Å². The van der Waals surface area contributed by atoms with E-state index in [1.165, 1.54) is 10.8 Å². The van der Waals surface area contributed by atoms with Gasteiger partial charge in [-0.3, -0.25) is 19.1 Å². The fourth-order valence-electron chi connectivity index (χ4n) is 6.85. The van der Waals surface area contributed by atoms with Gasteiger partial charge in [0.1, 0.15) is 35.0 Å². The molecule has 11 heteroatoms. The summed E-state index contributed by atoms with van der Waals surface area (Å²) in [7, 11) is 3.20. The van der Waals surface area contributed by atoms with Crippen molar-refractivity contribution in [1.82, 2.24) is 9.55 Å². The number of aliphatic hydroxyl groups is 1. The summed E-state index contributed by atoms with van der Waals surface area (Å²) in [6.45, 7) is -0.0765. The highest BCUT2D eigenvalue weighted by Crippen LogP contribution is 2.42. The van der Waals surface area contributed by atoms with Crippen LogP contribution in [0.15, 0.2) is 143 Å². The van der Waals surface area contributed by atoms with Crippen LogP contribution in [0.3, 0.4) is 0 Å². The highest BCUT2D eigenvalue weighted by Gasteiger charge is 2.42. The largest absolute Gasteiger partial charge is 0.497 e. The van der Waals surface area contributed by atoms with Crippen molar-refractivity contribution >= 4 is 5.78 Å². The quantitative estimate of drug-likeness (QED) is 0.0961. The third-order valence-corrected chi connectivity index (χ3v) is 9.86. The van der Waals surface area contributed by atoms with Crippen molar-refractivity contribution in [2.45, 2.75) is 30.5 Å². The summed E-state index contributed by atoms with van der Waals surface area (Å²) in [5.41, 5.74) is 1.52. The lowest BCUT2D eigenvalue weighted by atomic mass is 9.80. The third-order valence-electron chi connectivity index (χ3n) is 9.86. The zero-order chi connectivity index (χ0) is 39.9. The number of methoxy groups -OCH3 is 2. The average molecular weight is 760 g/mol. The summed E-state index contributed by atoms with van der Waals surface area (Å²) in [6, 6.07) is 39.8. The standard InChI is InChI=1S/C46H37N3O8/c1-54-38-21-17-36(18-22-38)46(35-9-4-3-5-10-35,37-19-23-39(55-2)24-20-37)56-29-41-40(50)26-42(57-41)49-28-34(44(52)48-45(49)53)16-11-30-7-6-8-33(25-30)43(51)32-14-12-31(27-47)13-15-32/h3-10,12-15,17-25,28,40-42,50H,26,29H2,1-2H3,(H,48,52,53)/t40-,41+,42+/m0/s1. The number of aromatic nitrogens is 2. The van der Waals surface area contributed by atoms with Gasteiger partial charge in [0.05, 0.1) is 38.6 Å². The van der Waals surface area contributed by atoms with Crippen molar-refractivity contribution in [1.29, 1.82) is 5.26 Å². The van der Waals surface area contributed by atoms with Gasteiger partial charge in [-0.1, -0.05) is 78.6 Å². The molecule has 0 spiro atoms. The molecule has 0 radical (unpaired) electrons. The first-order valence-electron chi connectivity index (χ1n) is 18.1. The molecule has 284 valence electrons. The Kier molecular flexibility index (Phi) is 11.3. The van der Waals surface area contributed by atoms with Crippen LogP contribution in [0.25, 0.3) is 0 Å². The zero-order valence-electron chi connectivity index (χ0n) is 31.0. The molecule has 1 aliphatic heterocycles. The maximum absolute atomic E-state index is 13.1. The molecule has 2 N–H and O–H groups in total. The lowest BCUT2D eigenvalue weighted by Crippen LogP contribution is -2.38. The van der Waals surface area contributed by atoms with Crippen LogP contribution in [0.1, 0.15) is 62.0 Å². The molecule has 1 saturated heterocycles. The molecule has 11 nitrogen and oxygen atoms in total. The van der Waals surface area contributed by atoms with Crippen LogP contribution < -0.4 is 20.7 Å². The second-order valence-corrected chi connectivity index (χ2v) is 13.3. The molecule has 1 aromatic heterocycles. The molecular weight excluding hydrogens is 723 g/mol. The Balaban J connectivity index is 1.15. The molecule has 0 aliphatic carbocycles. The number of aliphatic hydroxyl groups excluding tert-OH is 1. The number of ether oxygens (including phenoxy) is 4. The van der Waals surface area contributed by atoms with Gasteiger partial charge < -0.3 is 24.1 Å². The van der Waals surface area contributed by atoms with Crippen LogP contribution in [0.2, 0.25) is 0 Å². The summed E-state index contributed by atoms with van der Waals surface area (Å²) >= 11 is 0. The van der Waals surface area contributed by atoms with Crippen molar-refractivity contribution in [3.05, 3.63) is 199 Å². The third kappa shape index (κ3) is 8.04. The number of nitrogens with zero attached hydrogens (tertiary/aromatic N) is 2. The van der Waals surface area contributed by atoms with E-state index in [1.807, 2.05) is 84.9 Å². The maximum Gasteiger partial charge on any atom is 0.330 e. The molecule has 6 aromatic rings. The summed E-state index contributed by atoms with van der Waals surface area (Å²) in [4.78, 5) is 41.4. The number of carbonyl (C=O) groups is 1. The SMILES string of the molecule is COc1ccc(C(OC[C@H]2O[C@@H](n3cc(C#Cc4cccc(C(=O)c5ccc(C#N)cc5)c4)c(=O)[nH]c3=O)C[C@@H]2O)(c2ccccc2)c2ccc(OC)cc2)cc1. The van der Waals surface area contributed by atoms with Gasteiger partial charge in [0.15, 0.2) is 5.78 Å². The summed E-state index contributed by atoms with van der Waals surface area (Å²) in [6.07, 6.45) is -1.49. The smallest absolute Gasteiger partial charge is 0.330 e. The first kappa shape index (κ1) is 38.3. The number of hydrogen-bond acceptors (Lipinski definition) is 9. The van der Waals surface area contributed by atoms with Crippen molar-refractivity contribution in [3.63, 3.8) is 0 Å². The highest BCUT2D eigenvalue weighted by molar-refractivity contribution is 6.09. The van der Waals surface area contributed by atoms with Crippen molar-refractivity contribution in [3.8, 4) is 29.4 Å². The molecule has 7 rings (SSSR count). The number of nitrogens with one attached hydrogen (secondary N) is 1. The minimum absolute atomic E-state index is 0.0154. The van der Waals surface area contributed by atoms with E-state index in [1.54, 1.807) is 62.8 Å². The Morgan fingerprint density at radius 1 is 0.807 bits per heavy atom. The Hall–Kier alpha value is -7.02. The van der Waals surface area contributed by atoms with Crippen LogP contribution in [0, 0.1) is 23.2 Å². The van der Waals surface area contributed by atoms with E-state index in [0.29, 0.717) is 33.8 Å². The minimum atomic E-state index is -1.16. The molecule has 3 atom stereocenters. The van der Waals surface area contributed by atoms with Gasteiger partial charge in [-0.2, -0.15) is 5.26 Å². The fourth-order valence-corrected chi connectivity index (χ4v) is 6.85. The molecule has 2 heterocycles.